The number of aliphatic hydroxyl groups excluding tert-OH is 1. The van der Waals surface area contributed by atoms with Gasteiger partial charge in [0.25, 0.3) is 0 Å². The Hall–Kier alpha value is -1.15. The van der Waals surface area contributed by atoms with E-state index in [0.717, 1.165) is 0 Å². The SMILES string of the molecule is CCCCCCCCCC/C=C/C=C/C=C/C=C/C=C(/O)CCS. The van der Waals surface area contributed by atoms with Crippen molar-refractivity contribution in [1.82, 2.24) is 0 Å². The molecular weight excluding hydrogens is 312 g/mol. The molecule has 0 aromatic rings. The molecule has 0 aliphatic rings. The molecule has 0 aromatic heterocycles. The number of unbranched alkanes of at least 4 members (excludes halogenated alkanes) is 8. The number of hydrogen-bond donors (Lipinski definition) is 2. The third-order valence-corrected chi connectivity index (χ3v) is 3.91. The maximum absolute atomic E-state index is 9.39. The van der Waals surface area contributed by atoms with Crippen LogP contribution in [0.2, 0.25) is 0 Å². The zero-order chi connectivity index (χ0) is 17.7. The van der Waals surface area contributed by atoms with Crippen LogP contribution in [0.4, 0.5) is 0 Å². The summed E-state index contributed by atoms with van der Waals surface area (Å²) in [5.41, 5.74) is 0. The summed E-state index contributed by atoms with van der Waals surface area (Å²) in [4.78, 5) is 0. The Kier molecular flexibility index (Phi) is 18.9. The van der Waals surface area contributed by atoms with Gasteiger partial charge in [-0.15, -0.1) is 0 Å². The Bertz CT molecular complexity index is 402. The molecule has 24 heavy (non-hydrogen) atoms. The monoisotopic (exact) mass is 348 g/mol. The maximum Gasteiger partial charge on any atom is 0.0930 e. The normalized spacial score (nSPS) is 13.3. The highest BCUT2D eigenvalue weighted by Gasteiger charge is 1.90. The minimum atomic E-state index is 0.370. The largest absolute Gasteiger partial charge is 0.512 e. The van der Waals surface area contributed by atoms with Crippen LogP contribution in [0.3, 0.4) is 0 Å². The highest BCUT2D eigenvalue weighted by Crippen LogP contribution is 2.09. The molecule has 0 aromatic carbocycles. The fourth-order valence-electron chi connectivity index (χ4n) is 2.26. The van der Waals surface area contributed by atoms with Crippen molar-refractivity contribution in [3.63, 3.8) is 0 Å². The van der Waals surface area contributed by atoms with E-state index >= 15 is 0 Å². The smallest absolute Gasteiger partial charge is 0.0930 e. The van der Waals surface area contributed by atoms with Crippen molar-refractivity contribution in [2.24, 2.45) is 0 Å². The predicted molar refractivity (Wildman–Crippen MR) is 113 cm³/mol. The van der Waals surface area contributed by atoms with Gasteiger partial charge in [-0.2, -0.15) is 12.6 Å². The van der Waals surface area contributed by atoms with Crippen LogP contribution in [-0.2, 0) is 0 Å². The molecule has 0 saturated carbocycles. The summed E-state index contributed by atoms with van der Waals surface area (Å²) in [6.45, 7) is 2.27. The van der Waals surface area contributed by atoms with E-state index in [9.17, 15) is 5.11 Å². The van der Waals surface area contributed by atoms with Crippen molar-refractivity contribution in [1.29, 1.82) is 0 Å². The van der Waals surface area contributed by atoms with E-state index in [1.54, 1.807) is 6.08 Å². The third kappa shape index (κ3) is 18.9. The second-order valence-corrected chi connectivity index (χ2v) is 6.43. The van der Waals surface area contributed by atoms with Gasteiger partial charge in [0.2, 0.25) is 0 Å². The first kappa shape index (κ1) is 22.9. The van der Waals surface area contributed by atoms with Crippen LogP contribution in [0.1, 0.15) is 71.1 Å². The Balaban J connectivity index is 3.53. The molecule has 0 bridgehead atoms. The molecule has 2 heteroatoms. The molecule has 0 heterocycles. The third-order valence-electron chi connectivity index (χ3n) is 3.68. The van der Waals surface area contributed by atoms with Gasteiger partial charge in [-0.3, -0.25) is 0 Å². The van der Waals surface area contributed by atoms with Crippen LogP contribution in [-0.4, -0.2) is 10.9 Å². The van der Waals surface area contributed by atoms with E-state index in [-0.39, 0.29) is 0 Å². The quantitative estimate of drug-likeness (QED) is 0.136. The average Bonchev–Trinajstić information content (AvgIpc) is 2.58. The molecule has 136 valence electrons. The first-order chi connectivity index (χ1) is 11.8. The lowest BCUT2D eigenvalue weighted by molar-refractivity contribution is 0.396. The zero-order valence-electron chi connectivity index (χ0n) is 15.4. The van der Waals surface area contributed by atoms with Gasteiger partial charge >= 0.3 is 0 Å². The topological polar surface area (TPSA) is 20.2 Å². The van der Waals surface area contributed by atoms with Crippen LogP contribution in [0.15, 0.2) is 60.4 Å². The number of thiol groups is 1. The van der Waals surface area contributed by atoms with E-state index in [2.05, 4.69) is 37.8 Å². The van der Waals surface area contributed by atoms with Crippen LogP contribution < -0.4 is 0 Å². The van der Waals surface area contributed by atoms with Gasteiger partial charge in [-0.1, -0.05) is 100 Å². The van der Waals surface area contributed by atoms with E-state index in [1.807, 2.05) is 30.4 Å². The lowest BCUT2D eigenvalue weighted by Crippen LogP contribution is -1.80. The summed E-state index contributed by atoms with van der Waals surface area (Å²) in [6, 6.07) is 0. The second kappa shape index (κ2) is 19.9. The van der Waals surface area contributed by atoms with Crippen molar-refractivity contribution >= 4 is 12.6 Å². The standard InChI is InChI=1S/C22H36OS/c1-2-3-4-5-6-7-8-9-10-11-12-13-14-15-16-17-18-19-22(23)20-21-24/h11-19,23-24H,2-10,20-21H2,1H3/b12-11+,14-13+,16-15+,18-17+,22-19+. The van der Waals surface area contributed by atoms with Gasteiger partial charge in [0.15, 0.2) is 0 Å². The molecule has 0 aliphatic carbocycles. The number of aliphatic hydroxyl groups is 1. The number of hydrogen-bond acceptors (Lipinski definition) is 2. The molecule has 0 spiro atoms. The minimum absolute atomic E-state index is 0.370. The van der Waals surface area contributed by atoms with E-state index in [0.29, 0.717) is 17.9 Å². The summed E-state index contributed by atoms with van der Waals surface area (Å²) >= 11 is 4.06. The van der Waals surface area contributed by atoms with Crippen LogP contribution >= 0.6 is 12.6 Å². The van der Waals surface area contributed by atoms with Gasteiger partial charge in [0, 0.05) is 6.42 Å². The first-order valence-corrected chi connectivity index (χ1v) is 10.1. The van der Waals surface area contributed by atoms with Gasteiger partial charge in [0.1, 0.15) is 0 Å². The first-order valence-electron chi connectivity index (χ1n) is 9.46. The Labute approximate surface area is 155 Å². The number of allylic oxidation sites excluding steroid dienone is 10. The van der Waals surface area contributed by atoms with Crippen molar-refractivity contribution in [3.8, 4) is 0 Å². The lowest BCUT2D eigenvalue weighted by Gasteiger charge is -1.99. The Morgan fingerprint density at radius 2 is 1.29 bits per heavy atom. The molecular formula is C22H36OS. The molecule has 1 nitrogen and oxygen atoms in total. The van der Waals surface area contributed by atoms with Crippen LogP contribution in [0.5, 0.6) is 0 Å². The zero-order valence-corrected chi connectivity index (χ0v) is 16.3. The summed E-state index contributed by atoms with van der Waals surface area (Å²) in [5, 5.41) is 9.39. The van der Waals surface area contributed by atoms with Crippen molar-refractivity contribution in [2.75, 3.05) is 5.75 Å². The predicted octanol–water partition coefficient (Wildman–Crippen LogP) is 7.50. The molecule has 0 aliphatic heterocycles. The molecule has 0 radical (unpaired) electrons. The van der Waals surface area contributed by atoms with Gasteiger partial charge in [-0.25, -0.2) is 0 Å². The lowest BCUT2D eigenvalue weighted by atomic mass is 10.1. The highest BCUT2D eigenvalue weighted by molar-refractivity contribution is 7.80. The van der Waals surface area contributed by atoms with Crippen LogP contribution in [0.25, 0.3) is 0 Å². The summed E-state index contributed by atoms with van der Waals surface area (Å²) < 4.78 is 0. The molecule has 0 unspecified atom stereocenters. The Morgan fingerprint density at radius 1 is 0.750 bits per heavy atom. The summed E-state index contributed by atoms with van der Waals surface area (Å²) in [6.07, 6.45) is 30.6. The summed E-state index contributed by atoms with van der Waals surface area (Å²) in [7, 11) is 0. The molecule has 0 atom stereocenters. The maximum atomic E-state index is 9.39. The second-order valence-electron chi connectivity index (χ2n) is 5.98. The Morgan fingerprint density at radius 3 is 1.92 bits per heavy atom. The van der Waals surface area contributed by atoms with Crippen molar-refractivity contribution < 1.29 is 5.11 Å². The van der Waals surface area contributed by atoms with E-state index in [1.165, 1.54) is 57.8 Å². The van der Waals surface area contributed by atoms with Crippen molar-refractivity contribution in [2.45, 2.75) is 71.1 Å². The van der Waals surface area contributed by atoms with Gasteiger partial charge < -0.3 is 5.11 Å². The average molecular weight is 349 g/mol. The van der Waals surface area contributed by atoms with Crippen LogP contribution in [0, 0.1) is 0 Å². The minimum Gasteiger partial charge on any atom is -0.512 e. The van der Waals surface area contributed by atoms with E-state index in [4.69, 9.17) is 0 Å². The molecule has 0 amide bonds. The molecule has 1 N–H and O–H groups in total. The summed E-state index contributed by atoms with van der Waals surface area (Å²) in [5.74, 6) is 1.04. The molecule has 0 fully saturated rings. The number of rotatable bonds is 15. The van der Waals surface area contributed by atoms with E-state index < -0.39 is 0 Å². The van der Waals surface area contributed by atoms with Gasteiger partial charge in [-0.05, 0) is 24.7 Å². The van der Waals surface area contributed by atoms with Crippen molar-refractivity contribution in [3.05, 3.63) is 60.4 Å². The van der Waals surface area contributed by atoms with Gasteiger partial charge in [0.05, 0.1) is 5.76 Å². The molecule has 0 rings (SSSR count). The fraction of sp³-hybridized carbons (Fsp3) is 0.545. The highest BCUT2D eigenvalue weighted by atomic mass is 32.1. The molecule has 0 saturated heterocycles. The fourth-order valence-corrected chi connectivity index (χ4v) is 2.49.